The van der Waals surface area contributed by atoms with E-state index >= 15 is 0 Å². The Morgan fingerprint density at radius 1 is 1.41 bits per heavy atom. The van der Waals surface area contributed by atoms with Crippen LogP contribution in [0.15, 0.2) is 30.5 Å². The number of rotatable bonds is 4. The zero-order valence-electron chi connectivity index (χ0n) is 13.0. The maximum Gasteiger partial charge on any atom is 0.254 e. The van der Waals surface area contributed by atoms with Crippen LogP contribution >= 0.6 is 11.8 Å². The van der Waals surface area contributed by atoms with E-state index in [2.05, 4.69) is 36.2 Å². The van der Waals surface area contributed by atoms with E-state index in [1.165, 1.54) is 5.56 Å². The molecule has 1 aliphatic rings. The van der Waals surface area contributed by atoms with Crippen molar-refractivity contribution in [3.8, 4) is 0 Å². The SMILES string of the molecule is CCSCc1ccc(C(=O)N2Cc3cn[nH]c3[C@@H](C)C2)cc1. The lowest BCUT2D eigenvalue weighted by molar-refractivity contribution is 0.0720. The van der Waals surface area contributed by atoms with Crippen molar-refractivity contribution in [1.82, 2.24) is 15.1 Å². The molecule has 2 heterocycles. The van der Waals surface area contributed by atoms with Gasteiger partial charge in [0.25, 0.3) is 5.91 Å². The molecule has 1 aromatic carbocycles. The molecule has 0 unspecified atom stereocenters. The lowest BCUT2D eigenvalue weighted by Gasteiger charge is -2.30. The Labute approximate surface area is 135 Å². The van der Waals surface area contributed by atoms with Crippen LogP contribution in [0.5, 0.6) is 0 Å². The first-order valence-corrected chi connectivity index (χ1v) is 8.82. The second kappa shape index (κ2) is 6.57. The summed E-state index contributed by atoms with van der Waals surface area (Å²) in [6, 6.07) is 8.02. The third-order valence-electron chi connectivity index (χ3n) is 4.06. The van der Waals surface area contributed by atoms with Crippen LogP contribution in [-0.4, -0.2) is 33.3 Å². The van der Waals surface area contributed by atoms with Crippen molar-refractivity contribution in [3.63, 3.8) is 0 Å². The third kappa shape index (κ3) is 3.04. The van der Waals surface area contributed by atoms with Gasteiger partial charge in [0.1, 0.15) is 0 Å². The van der Waals surface area contributed by atoms with Gasteiger partial charge < -0.3 is 4.90 Å². The van der Waals surface area contributed by atoms with Crippen molar-refractivity contribution in [2.24, 2.45) is 0 Å². The van der Waals surface area contributed by atoms with Gasteiger partial charge in [-0.1, -0.05) is 26.0 Å². The molecule has 1 N–H and O–H groups in total. The van der Waals surface area contributed by atoms with Gasteiger partial charge in [-0.2, -0.15) is 16.9 Å². The number of H-pyrrole nitrogens is 1. The number of carbonyl (C=O) groups is 1. The fourth-order valence-corrected chi connectivity index (χ4v) is 3.50. The predicted molar refractivity (Wildman–Crippen MR) is 90.0 cm³/mol. The number of carbonyl (C=O) groups excluding carboxylic acids is 1. The van der Waals surface area contributed by atoms with Crippen LogP contribution in [0.3, 0.4) is 0 Å². The Hall–Kier alpha value is -1.75. The van der Waals surface area contributed by atoms with Gasteiger partial charge in [-0.05, 0) is 23.4 Å². The molecular weight excluding hydrogens is 294 g/mol. The smallest absolute Gasteiger partial charge is 0.254 e. The van der Waals surface area contributed by atoms with Crippen molar-refractivity contribution in [2.75, 3.05) is 12.3 Å². The lowest BCUT2D eigenvalue weighted by atomic mass is 9.98. The molecule has 2 aromatic rings. The first-order valence-electron chi connectivity index (χ1n) is 7.67. The van der Waals surface area contributed by atoms with Crippen molar-refractivity contribution in [1.29, 1.82) is 0 Å². The molecule has 0 aliphatic carbocycles. The van der Waals surface area contributed by atoms with Crippen LogP contribution in [0.1, 0.15) is 46.9 Å². The zero-order chi connectivity index (χ0) is 15.5. The highest BCUT2D eigenvalue weighted by atomic mass is 32.2. The third-order valence-corrected chi connectivity index (χ3v) is 5.01. The molecule has 5 heteroatoms. The van der Waals surface area contributed by atoms with Gasteiger partial charge in [0.15, 0.2) is 0 Å². The van der Waals surface area contributed by atoms with Crippen LogP contribution in [0.2, 0.25) is 0 Å². The van der Waals surface area contributed by atoms with Gasteiger partial charge in [-0.15, -0.1) is 0 Å². The molecule has 0 saturated carbocycles. The molecule has 1 aliphatic heterocycles. The molecule has 22 heavy (non-hydrogen) atoms. The van der Waals surface area contributed by atoms with Gasteiger partial charge in [-0.3, -0.25) is 9.89 Å². The summed E-state index contributed by atoms with van der Waals surface area (Å²) in [6.45, 7) is 5.66. The number of nitrogens with zero attached hydrogens (tertiary/aromatic N) is 2. The molecule has 0 radical (unpaired) electrons. The number of thioether (sulfide) groups is 1. The minimum atomic E-state index is 0.105. The number of aromatic amines is 1. The molecule has 1 amide bonds. The summed E-state index contributed by atoms with van der Waals surface area (Å²) in [5.74, 6) is 2.52. The molecule has 3 rings (SSSR count). The maximum atomic E-state index is 12.7. The van der Waals surface area contributed by atoms with Crippen molar-refractivity contribution in [2.45, 2.75) is 32.1 Å². The highest BCUT2D eigenvalue weighted by Gasteiger charge is 2.27. The van der Waals surface area contributed by atoms with Crippen molar-refractivity contribution in [3.05, 3.63) is 52.8 Å². The molecule has 0 fully saturated rings. The van der Waals surface area contributed by atoms with E-state index in [0.717, 1.165) is 34.9 Å². The second-order valence-corrected chi connectivity index (χ2v) is 7.00. The molecule has 0 spiro atoms. The lowest BCUT2D eigenvalue weighted by Crippen LogP contribution is -2.37. The molecular formula is C17H21N3OS. The molecule has 1 atom stereocenters. The number of hydrogen-bond acceptors (Lipinski definition) is 3. The largest absolute Gasteiger partial charge is 0.334 e. The first-order chi connectivity index (χ1) is 10.7. The first kappa shape index (κ1) is 15.2. The fraction of sp³-hybridized carbons (Fsp3) is 0.412. The summed E-state index contributed by atoms with van der Waals surface area (Å²) in [7, 11) is 0. The van der Waals surface area contributed by atoms with Crippen LogP contribution in [0, 0.1) is 0 Å². The van der Waals surface area contributed by atoms with E-state index in [0.29, 0.717) is 12.5 Å². The van der Waals surface area contributed by atoms with Crippen molar-refractivity contribution < 1.29 is 4.79 Å². The molecule has 4 nitrogen and oxygen atoms in total. The number of fused-ring (bicyclic) bond motifs is 1. The zero-order valence-corrected chi connectivity index (χ0v) is 13.8. The van der Waals surface area contributed by atoms with Gasteiger partial charge >= 0.3 is 0 Å². The summed E-state index contributed by atoms with van der Waals surface area (Å²) in [6.07, 6.45) is 1.83. The van der Waals surface area contributed by atoms with E-state index in [1.807, 2.05) is 35.0 Å². The quantitative estimate of drug-likeness (QED) is 0.940. The number of hydrogen-bond donors (Lipinski definition) is 1. The van der Waals surface area contributed by atoms with E-state index in [1.54, 1.807) is 0 Å². The van der Waals surface area contributed by atoms with Crippen LogP contribution < -0.4 is 0 Å². The Balaban J connectivity index is 1.72. The van der Waals surface area contributed by atoms with Crippen molar-refractivity contribution >= 4 is 17.7 Å². The number of nitrogens with one attached hydrogen (secondary N) is 1. The standard InChI is InChI=1S/C17H21N3OS/c1-3-22-11-13-4-6-14(7-5-13)17(21)20-9-12(2)16-15(10-20)8-18-19-16/h4-8,12H,3,9-11H2,1-2H3,(H,18,19)/t12-/m0/s1. The van der Waals surface area contributed by atoms with Gasteiger partial charge in [-0.25, -0.2) is 0 Å². The summed E-state index contributed by atoms with van der Waals surface area (Å²) in [4.78, 5) is 14.6. The molecule has 0 bridgehead atoms. The summed E-state index contributed by atoms with van der Waals surface area (Å²) >= 11 is 1.89. The monoisotopic (exact) mass is 315 g/mol. The Bertz CT molecular complexity index is 650. The van der Waals surface area contributed by atoms with Gasteiger partial charge in [0.2, 0.25) is 0 Å². The average Bonchev–Trinajstić information content (AvgIpc) is 3.02. The minimum Gasteiger partial charge on any atom is -0.334 e. The minimum absolute atomic E-state index is 0.105. The Morgan fingerprint density at radius 2 is 2.18 bits per heavy atom. The number of aromatic nitrogens is 2. The predicted octanol–water partition coefficient (Wildman–Crippen LogP) is 3.42. The van der Waals surface area contributed by atoms with Gasteiger partial charge in [0.05, 0.1) is 6.20 Å². The average molecular weight is 315 g/mol. The van der Waals surface area contributed by atoms with Crippen LogP contribution in [0.25, 0.3) is 0 Å². The molecule has 0 saturated heterocycles. The highest BCUT2D eigenvalue weighted by molar-refractivity contribution is 7.98. The van der Waals surface area contributed by atoms with E-state index in [4.69, 9.17) is 0 Å². The summed E-state index contributed by atoms with van der Waals surface area (Å²) in [5.41, 5.74) is 4.33. The Kier molecular flexibility index (Phi) is 4.52. The van der Waals surface area contributed by atoms with Gasteiger partial charge in [0, 0.05) is 41.6 Å². The van der Waals surface area contributed by atoms with Crippen LogP contribution in [-0.2, 0) is 12.3 Å². The van der Waals surface area contributed by atoms with Crippen LogP contribution in [0.4, 0.5) is 0 Å². The summed E-state index contributed by atoms with van der Waals surface area (Å²) < 4.78 is 0. The number of amides is 1. The molecule has 116 valence electrons. The number of benzene rings is 1. The molecule has 1 aromatic heterocycles. The summed E-state index contributed by atoms with van der Waals surface area (Å²) in [5, 5.41) is 7.14. The maximum absolute atomic E-state index is 12.7. The second-order valence-electron chi connectivity index (χ2n) is 5.73. The fourth-order valence-electron chi connectivity index (χ4n) is 2.87. The van der Waals surface area contributed by atoms with E-state index in [-0.39, 0.29) is 5.91 Å². The highest BCUT2D eigenvalue weighted by Crippen LogP contribution is 2.27. The van der Waals surface area contributed by atoms with E-state index in [9.17, 15) is 4.79 Å². The van der Waals surface area contributed by atoms with E-state index < -0.39 is 0 Å². The Morgan fingerprint density at radius 3 is 2.91 bits per heavy atom. The topological polar surface area (TPSA) is 49.0 Å². The normalized spacial score (nSPS) is 17.4.